The van der Waals surface area contributed by atoms with Gasteiger partial charge in [0.05, 0.1) is 18.5 Å². The van der Waals surface area contributed by atoms with Gasteiger partial charge in [-0.1, -0.05) is 11.6 Å². The molecule has 2 aromatic rings. The monoisotopic (exact) mass is 380 g/mol. The normalized spacial score (nSPS) is 13.9. The number of halogens is 1. The number of carbonyl (C=O) groups is 2. The number of methoxy groups -OCH3 is 1. The standard InChI is InChI=1S/C16H17ClN4O3S/c1-21-6-5-10-13(8-21)25-16(19-10)20-15(23)14(22)18-11-7-9(17)3-4-12(11)24-2/h3-4,7H,5-6,8H2,1-2H3,(H,18,22)(H,19,20,23). The highest BCUT2D eigenvalue weighted by atomic mass is 35.5. The van der Waals surface area contributed by atoms with E-state index in [0.29, 0.717) is 21.6 Å². The lowest BCUT2D eigenvalue weighted by Gasteiger charge is -2.20. The molecule has 2 heterocycles. The number of carbonyl (C=O) groups excluding carboxylic acids is 2. The molecule has 0 atom stereocenters. The number of hydrogen-bond donors (Lipinski definition) is 2. The SMILES string of the molecule is COc1ccc(Cl)cc1NC(=O)C(=O)Nc1nc2c(s1)CN(C)CC2. The minimum absolute atomic E-state index is 0.329. The highest BCUT2D eigenvalue weighted by Crippen LogP contribution is 2.29. The molecule has 0 radical (unpaired) electrons. The number of fused-ring (bicyclic) bond motifs is 1. The number of likely N-dealkylation sites (N-methyl/N-ethyl adjacent to an activating group) is 1. The molecule has 9 heteroatoms. The topological polar surface area (TPSA) is 83.6 Å². The van der Waals surface area contributed by atoms with Crippen molar-refractivity contribution in [3.63, 3.8) is 0 Å². The Balaban J connectivity index is 1.67. The van der Waals surface area contributed by atoms with Gasteiger partial charge in [0.2, 0.25) is 0 Å². The van der Waals surface area contributed by atoms with Crippen LogP contribution in [0.2, 0.25) is 5.02 Å². The van der Waals surface area contributed by atoms with Crippen molar-refractivity contribution in [2.24, 2.45) is 0 Å². The van der Waals surface area contributed by atoms with Crippen molar-refractivity contribution in [1.29, 1.82) is 0 Å². The summed E-state index contributed by atoms with van der Waals surface area (Å²) in [4.78, 5) is 32.0. The van der Waals surface area contributed by atoms with E-state index in [1.165, 1.54) is 24.5 Å². The second kappa shape index (κ2) is 7.38. The van der Waals surface area contributed by atoms with E-state index in [0.717, 1.165) is 30.1 Å². The number of ether oxygens (including phenoxy) is 1. The van der Waals surface area contributed by atoms with Gasteiger partial charge in [0, 0.05) is 29.4 Å². The maximum absolute atomic E-state index is 12.1. The third kappa shape index (κ3) is 4.09. The number of nitrogens with one attached hydrogen (secondary N) is 2. The fourth-order valence-corrected chi connectivity index (χ4v) is 3.74. The summed E-state index contributed by atoms with van der Waals surface area (Å²) in [7, 11) is 3.50. The second-order valence-corrected chi connectivity index (χ2v) is 7.15. The quantitative estimate of drug-likeness (QED) is 0.799. The van der Waals surface area contributed by atoms with Gasteiger partial charge in [0.25, 0.3) is 0 Å². The molecule has 0 unspecified atom stereocenters. The van der Waals surface area contributed by atoms with Crippen LogP contribution in [0.4, 0.5) is 10.8 Å². The van der Waals surface area contributed by atoms with Crippen molar-refractivity contribution in [3.05, 3.63) is 33.8 Å². The van der Waals surface area contributed by atoms with Crippen molar-refractivity contribution in [1.82, 2.24) is 9.88 Å². The van der Waals surface area contributed by atoms with Crippen molar-refractivity contribution < 1.29 is 14.3 Å². The zero-order chi connectivity index (χ0) is 18.0. The fraction of sp³-hybridized carbons (Fsp3) is 0.312. The number of anilines is 2. The van der Waals surface area contributed by atoms with Crippen LogP contribution in [0, 0.1) is 0 Å². The van der Waals surface area contributed by atoms with Crippen molar-refractivity contribution >= 4 is 45.6 Å². The van der Waals surface area contributed by atoms with E-state index in [2.05, 4.69) is 20.5 Å². The van der Waals surface area contributed by atoms with Gasteiger partial charge in [-0.3, -0.25) is 14.9 Å². The Morgan fingerprint density at radius 1 is 1.32 bits per heavy atom. The minimum atomic E-state index is -0.814. The maximum atomic E-state index is 12.1. The van der Waals surface area contributed by atoms with Gasteiger partial charge >= 0.3 is 11.8 Å². The Morgan fingerprint density at radius 2 is 2.08 bits per heavy atom. The number of hydrogen-bond acceptors (Lipinski definition) is 6. The Hall–Kier alpha value is -2.16. The molecule has 7 nitrogen and oxygen atoms in total. The number of nitrogens with zero attached hydrogens (tertiary/aromatic N) is 2. The van der Waals surface area contributed by atoms with Crippen LogP contribution in [0.5, 0.6) is 5.75 Å². The molecule has 1 aromatic heterocycles. The molecular formula is C16H17ClN4O3S. The van der Waals surface area contributed by atoms with Crippen LogP contribution < -0.4 is 15.4 Å². The van der Waals surface area contributed by atoms with Crippen molar-refractivity contribution in [2.45, 2.75) is 13.0 Å². The Kier molecular flexibility index (Phi) is 5.22. The number of aromatic nitrogens is 1. The molecule has 1 aromatic carbocycles. The molecule has 132 valence electrons. The molecule has 0 aliphatic carbocycles. The van der Waals surface area contributed by atoms with Crippen LogP contribution >= 0.6 is 22.9 Å². The molecule has 0 bridgehead atoms. The third-order valence-corrected chi connectivity index (χ3v) is 4.99. The molecule has 3 rings (SSSR count). The number of rotatable bonds is 3. The molecule has 2 N–H and O–H groups in total. The second-order valence-electron chi connectivity index (χ2n) is 5.63. The zero-order valence-electron chi connectivity index (χ0n) is 13.8. The molecular weight excluding hydrogens is 364 g/mol. The molecule has 1 aliphatic heterocycles. The molecule has 0 saturated carbocycles. The summed E-state index contributed by atoms with van der Waals surface area (Å²) in [6.45, 7) is 1.73. The first-order valence-electron chi connectivity index (χ1n) is 7.59. The summed E-state index contributed by atoms with van der Waals surface area (Å²) in [6.07, 6.45) is 0.837. The molecule has 0 saturated heterocycles. The van der Waals surface area contributed by atoms with E-state index in [9.17, 15) is 9.59 Å². The van der Waals surface area contributed by atoms with Gasteiger partial charge < -0.3 is 15.0 Å². The van der Waals surface area contributed by atoms with Gasteiger partial charge in [-0.05, 0) is 25.2 Å². The average molecular weight is 381 g/mol. The summed E-state index contributed by atoms with van der Waals surface area (Å²) in [6, 6.07) is 4.76. The first kappa shape index (κ1) is 17.7. The summed E-state index contributed by atoms with van der Waals surface area (Å²) >= 11 is 7.31. The van der Waals surface area contributed by atoms with Crippen LogP contribution in [0.25, 0.3) is 0 Å². The molecule has 1 aliphatic rings. The van der Waals surface area contributed by atoms with E-state index in [4.69, 9.17) is 16.3 Å². The molecule has 2 amide bonds. The predicted molar refractivity (Wildman–Crippen MR) is 97.4 cm³/mol. The number of thiazole rings is 1. The molecule has 0 spiro atoms. The average Bonchev–Trinajstić information content (AvgIpc) is 2.96. The van der Waals surface area contributed by atoms with Crippen LogP contribution in [0.1, 0.15) is 10.6 Å². The summed E-state index contributed by atoms with van der Waals surface area (Å²) in [5.41, 5.74) is 1.31. The highest BCUT2D eigenvalue weighted by molar-refractivity contribution is 7.16. The highest BCUT2D eigenvalue weighted by Gasteiger charge is 2.22. The third-order valence-electron chi connectivity index (χ3n) is 3.76. The largest absolute Gasteiger partial charge is 0.495 e. The number of amides is 2. The lowest BCUT2D eigenvalue weighted by molar-refractivity contribution is -0.133. The first-order chi connectivity index (χ1) is 12.0. The summed E-state index contributed by atoms with van der Waals surface area (Å²) in [5.74, 6) is -1.19. The summed E-state index contributed by atoms with van der Waals surface area (Å²) in [5, 5.41) is 5.90. The van der Waals surface area contributed by atoms with E-state index in [1.807, 2.05) is 7.05 Å². The van der Waals surface area contributed by atoms with Crippen LogP contribution in [-0.2, 0) is 22.6 Å². The van der Waals surface area contributed by atoms with E-state index in [1.54, 1.807) is 12.1 Å². The smallest absolute Gasteiger partial charge is 0.315 e. The first-order valence-corrected chi connectivity index (χ1v) is 8.78. The minimum Gasteiger partial charge on any atom is -0.495 e. The Bertz CT molecular complexity index is 824. The summed E-state index contributed by atoms with van der Waals surface area (Å²) < 4.78 is 5.14. The number of benzene rings is 1. The van der Waals surface area contributed by atoms with Gasteiger partial charge in [-0.2, -0.15) is 0 Å². The fourth-order valence-electron chi connectivity index (χ4n) is 2.49. The molecule has 25 heavy (non-hydrogen) atoms. The van der Waals surface area contributed by atoms with Crippen LogP contribution in [-0.4, -0.2) is 42.4 Å². The Labute approximate surface area is 153 Å². The van der Waals surface area contributed by atoms with Gasteiger partial charge in [-0.15, -0.1) is 11.3 Å². The van der Waals surface area contributed by atoms with Crippen LogP contribution in [0.3, 0.4) is 0 Å². The molecule has 0 fully saturated rings. The van der Waals surface area contributed by atoms with Gasteiger partial charge in [0.15, 0.2) is 5.13 Å². The zero-order valence-corrected chi connectivity index (χ0v) is 15.3. The van der Waals surface area contributed by atoms with Crippen molar-refractivity contribution in [3.8, 4) is 5.75 Å². The van der Waals surface area contributed by atoms with E-state index < -0.39 is 11.8 Å². The van der Waals surface area contributed by atoms with E-state index >= 15 is 0 Å². The Morgan fingerprint density at radius 3 is 2.84 bits per heavy atom. The van der Waals surface area contributed by atoms with Crippen LogP contribution in [0.15, 0.2) is 18.2 Å². The lowest BCUT2D eigenvalue weighted by Crippen LogP contribution is -2.29. The predicted octanol–water partition coefficient (Wildman–Crippen LogP) is 2.37. The van der Waals surface area contributed by atoms with E-state index in [-0.39, 0.29) is 0 Å². The lowest BCUT2D eigenvalue weighted by atomic mass is 10.2. The van der Waals surface area contributed by atoms with Gasteiger partial charge in [-0.25, -0.2) is 4.98 Å². The maximum Gasteiger partial charge on any atom is 0.315 e. The van der Waals surface area contributed by atoms with Gasteiger partial charge in [0.1, 0.15) is 5.75 Å². The van der Waals surface area contributed by atoms with Crippen molar-refractivity contribution in [2.75, 3.05) is 31.3 Å².